The molecule has 0 aliphatic carbocycles. The van der Waals surface area contributed by atoms with Gasteiger partial charge in [-0.1, -0.05) is 43.7 Å². The lowest BCUT2D eigenvalue weighted by molar-refractivity contribution is -0.228. The summed E-state index contributed by atoms with van der Waals surface area (Å²) in [5.74, 6) is -0.224. The van der Waals surface area contributed by atoms with Crippen LogP contribution < -0.4 is 0 Å². The van der Waals surface area contributed by atoms with Crippen LogP contribution in [0.3, 0.4) is 0 Å². The Labute approximate surface area is 127 Å². The van der Waals surface area contributed by atoms with Crippen LogP contribution in [-0.4, -0.2) is 40.6 Å². The van der Waals surface area contributed by atoms with Gasteiger partial charge < -0.3 is 5.11 Å². The highest BCUT2D eigenvalue weighted by atomic mass is 19.4. The van der Waals surface area contributed by atoms with Crippen molar-refractivity contribution >= 4 is 11.5 Å². The van der Waals surface area contributed by atoms with Crippen LogP contribution in [0, 0.1) is 12.8 Å². The third kappa shape index (κ3) is 2.72. The fourth-order valence-corrected chi connectivity index (χ4v) is 2.23. The number of rotatable bonds is 2. The first kappa shape index (κ1) is 16.5. The predicted octanol–water partition coefficient (Wildman–Crippen LogP) is 2.95. The monoisotopic (exact) mass is 313 g/mol. The van der Waals surface area contributed by atoms with Gasteiger partial charge in [-0.25, -0.2) is 4.99 Å². The zero-order valence-corrected chi connectivity index (χ0v) is 12.8. The number of amidine groups is 1. The van der Waals surface area contributed by atoms with Crippen molar-refractivity contribution in [3.63, 3.8) is 0 Å². The van der Waals surface area contributed by atoms with Gasteiger partial charge in [0, 0.05) is 18.5 Å². The Morgan fingerprint density at radius 3 is 2.18 bits per heavy atom. The molecule has 0 saturated heterocycles. The Morgan fingerprint density at radius 2 is 1.73 bits per heavy atom. The van der Waals surface area contributed by atoms with Crippen LogP contribution in [0.4, 0.5) is 13.2 Å². The lowest BCUT2D eigenvalue weighted by atomic mass is 9.97. The van der Waals surface area contributed by atoms with E-state index in [1.807, 2.05) is 6.92 Å². The average molecular weight is 313 g/mol. The fraction of sp³-hybridized carbons (Fsp3) is 0.467. The number of hydrogen-bond acceptors (Lipinski definition) is 4. The molecule has 1 N–H and O–H groups in total. The maximum atomic E-state index is 13.4. The lowest BCUT2D eigenvalue weighted by Crippen LogP contribution is -2.55. The molecule has 120 valence electrons. The Kier molecular flexibility index (Phi) is 4.04. The van der Waals surface area contributed by atoms with E-state index < -0.39 is 17.6 Å². The highest BCUT2D eigenvalue weighted by Gasteiger charge is 2.60. The van der Waals surface area contributed by atoms with E-state index in [1.54, 1.807) is 26.0 Å². The molecule has 0 radical (unpaired) electrons. The van der Waals surface area contributed by atoms with E-state index in [9.17, 15) is 18.3 Å². The molecule has 1 atom stereocenters. The van der Waals surface area contributed by atoms with Crippen LogP contribution in [0.15, 0.2) is 34.4 Å². The van der Waals surface area contributed by atoms with E-state index in [0.717, 1.165) is 5.56 Å². The van der Waals surface area contributed by atoms with Crippen LogP contribution >= 0.6 is 0 Å². The zero-order chi connectivity index (χ0) is 16.7. The minimum absolute atomic E-state index is 0.0793. The Balaban J connectivity index is 2.61. The van der Waals surface area contributed by atoms with E-state index in [2.05, 4.69) is 10.1 Å². The van der Waals surface area contributed by atoms with Crippen LogP contribution in [0.2, 0.25) is 0 Å². The summed E-state index contributed by atoms with van der Waals surface area (Å²) >= 11 is 0. The van der Waals surface area contributed by atoms with Crippen molar-refractivity contribution in [2.75, 3.05) is 7.05 Å². The lowest BCUT2D eigenvalue weighted by Gasteiger charge is -2.35. The number of alkyl halides is 3. The summed E-state index contributed by atoms with van der Waals surface area (Å²) in [4.78, 5) is 3.59. The number of aryl methyl sites for hydroxylation is 1. The molecule has 0 spiro atoms. The molecular weight excluding hydrogens is 295 g/mol. The molecule has 1 aliphatic heterocycles. The molecule has 1 aromatic rings. The van der Waals surface area contributed by atoms with E-state index in [0.29, 0.717) is 0 Å². The SMILES string of the molecule is Cc1ccc(C2=NN(C)C(C(C)C)=NC2(O)C(F)(F)F)cc1. The minimum atomic E-state index is -4.96. The molecule has 1 heterocycles. The van der Waals surface area contributed by atoms with E-state index in [1.165, 1.54) is 24.2 Å². The van der Waals surface area contributed by atoms with Crippen molar-refractivity contribution in [3.05, 3.63) is 35.4 Å². The Hall–Kier alpha value is -1.89. The highest BCUT2D eigenvalue weighted by Crippen LogP contribution is 2.37. The van der Waals surface area contributed by atoms with Gasteiger partial charge in [0.05, 0.1) is 0 Å². The normalized spacial score (nSPS) is 22.7. The first-order valence-electron chi connectivity index (χ1n) is 6.85. The van der Waals surface area contributed by atoms with Crippen molar-refractivity contribution in [2.45, 2.75) is 32.7 Å². The van der Waals surface area contributed by atoms with Crippen LogP contribution in [-0.2, 0) is 0 Å². The standard InChI is InChI=1S/C15H18F3N3O/c1-9(2)13-19-14(22,15(16,17)18)12(20-21(13)4)11-7-5-10(3)6-8-11/h5-9,22H,1-4H3. The van der Waals surface area contributed by atoms with Crippen LogP contribution in [0.5, 0.6) is 0 Å². The number of nitrogens with zero attached hydrogens (tertiary/aromatic N) is 3. The van der Waals surface area contributed by atoms with Gasteiger partial charge in [-0.05, 0) is 6.92 Å². The van der Waals surface area contributed by atoms with Gasteiger partial charge in [0.2, 0.25) is 0 Å². The first-order chi connectivity index (χ1) is 10.1. The van der Waals surface area contributed by atoms with E-state index in [4.69, 9.17) is 0 Å². The van der Waals surface area contributed by atoms with Crippen molar-refractivity contribution in [3.8, 4) is 0 Å². The van der Waals surface area contributed by atoms with Crippen molar-refractivity contribution in [1.29, 1.82) is 0 Å². The van der Waals surface area contributed by atoms with Gasteiger partial charge in [-0.3, -0.25) is 5.01 Å². The highest BCUT2D eigenvalue weighted by molar-refractivity contribution is 6.10. The minimum Gasteiger partial charge on any atom is -0.357 e. The number of hydrazone groups is 1. The largest absolute Gasteiger partial charge is 0.444 e. The van der Waals surface area contributed by atoms with Gasteiger partial charge in [0.15, 0.2) is 0 Å². The van der Waals surface area contributed by atoms with E-state index in [-0.39, 0.29) is 17.3 Å². The summed E-state index contributed by atoms with van der Waals surface area (Å²) < 4.78 is 40.3. The van der Waals surface area contributed by atoms with Gasteiger partial charge in [-0.2, -0.15) is 18.3 Å². The molecule has 0 amide bonds. The molecule has 2 rings (SSSR count). The zero-order valence-electron chi connectivity index (χ0n) is 12.8. The second-order valence-corrected chi connectivity index (χ2v) is 5.63. The molecule has 7 heteroatoms. The average Bonchev–Trinajstić information content (AvgIpc) is 2.40. The van der Waals surface area contributed by atoms with E-state index >= 15 is 0 Å². The second kappa shape index (κ2) is 5.39. The van der Waals surface area contributed by atoms with Crippen LogP contribution in [0.1, 0.15) is 25.0 Å². The van der Waals surface area contributed by atoms with Gasteiger partial charge in [-0.15, -0.1) is 0 Å². The Bertz CT molecular complexity index is 620. The van der Waals surface area contributed by atoms with Gasteiger partial charge in [0.25, 0.3) is 0 Å². The molecule has 0 bridgehead atoms. The quantitative estimate of drug-likeness (QED) is 0.912. The molecule has 1 aromatic carbocycles. The van der Waals surface area contributed by atoms with Crippen molar-refractivity contribution in [2.24, 2.45) is 16.0 Å². The third-order valence-corrected chi connectivity index (χ3v) is 3.42. The number of halogens is 3. The molecule has 1 aliphatic rings. The number of hydrogen-bond donors (Lipinski definition) is 1. The van der Waals surface area contributed by atoms with Gasteiger partial charge >= 0.3 is 11.9 Å². The summed E-state index contributed by atoms with van der Waals surface area (Å²) in [7, 11) is 1.52. The molecule has 0 aromatic heterocycles. The third-order valence-electron chi connectivity index (χ3n) is 3.42. The van der Waals surface area contributed by atoms with Gasteiger partial charge in [0.1, 0.15) is 11.5 Å². The summed E-state index contributed by atoms with van der Waals surface area (Å²) in [6.45, 7) is 5.21. The maximum absolute atomic E-state index is 13.4. The summed E-state index contributed by atoms with van der Waals surface area (Å²) in [5, 5.41) is 15.5. The molecule has 0 fully saturated rings. The van der Waals surface area contributed by atoms with Crippen molar-refractivity contribution in [1.82, 2.24) is 5.01 Å². The fourth-order valence-electron chi connectivity index (χ4n) is 2.23. The number of benzene rings is 1. The predicted molar refractivity (Wildman–Crippen MR) is 78.8 cm³/mol. The molecule has 0 saturated carbocycles. The second-order valence-electron chi connectivity index (χ2n) is 5.63. The molecule has 1 unspecified atom stereocenters. The summed E-state index contributed by atoms with van der Waals surface area (Å²) in [5.41, 5.74) is -2.78. The van der Waals surface area contributed by atoms with Crippen LogP contribution in [0.25, 0.3) is 0 Å². The molecular formula is C15H18F3N3O. The number of aliphatic imine (C=N–C) groups is 1. The van der Waals surface area contributed by atoms with Crippen molar-refractivity contribution < 1.29 is 18.3 Å². The maximum Gasteiger partial charge on any atom is 0.444 e. The topological polar surface area (TPSA) is 48.2 Å². The molecule has 4 nitrogen and oxygen atoms in total. The summed E-state index contributed by atoms with van der Waals surface area (Å²) in [6.07, 6.45) is -4.96. The Morgan fingerprint density at radius 1 is 1.18 bits per heavy atom. The first-order valence-corrected chi connectivity index (χ1v) is 6.85. The molecule has 22 heavy (non-hydrogen) atoms. The smallest absolute Gasteiger partial charge is 0.357 e. The summed E-state index contributed by atoms with van der Waals surface area (Å²) in [6, 6.07) is 6.32. The number of aliphatic hydroxyl groups is 1.